The van der Waals surface area contributed by atoms with E-state index in [4.69, 9.17) is 56.8 Å². The minimum Gasteiger partial charge on any atom is -0.379 e. The van der Waals surface area contributed by atoms with Crippen molar-refractivity contribution in [1.29, 1.82) is 0 Å². The third kappa shape index (κ3) is 45.8. The molecule has 0 rings (SSSR count). The van der Waals surface area contributed by atoms with Gasteiger partial charge in [0, 0.05) is 43.4 Å². The van der Waals surface area contributed by atoms with Crippen molar-refractivity contribution in [1.82, 2.24) is 21.3 Å². The molecule has 0 aromatic heterocycles. The molecule has 2 amide bonds. The Morgan fingerprint density at radius 2 is 0.681 bits per heavy atom. The molecule has 0 aliphatic heterocycles. The first kappa shape index (κ1) is 69.2. The Hall–Kier alpha value is -2.75. The van der Waals surface area contributed by atoms with E-state index in [0.717, 1.165) is 25.5 Å². The highest BCUT2D eigenvalue weighted by Gasteiger charge is 2.28. The molecule has 2 atom stereocenters. The fourth-order valence-electron chi connectivity index (χ4n) is 6.11. The van der Waals surface area contributed by atoms with E-state index in [1.54, 1.807) is 13.8 Å². The molecule has 424 valence electrons. The van der Waals surface area contributed by atoms with E-state index in [1.807, 2.05) is 27.7 Å². The standard InChI is InChI=1S/C49H96N6O17/c1-43(54-59)48(3,4)52-15-12-45(13-16-53-49(5,6)44(2)55-60)11-14-50-46(57)9-7-10-47(58)51-17-20-62-22-24-64-26-28-66-30-32-68-34-36-70-38-40-72-42-41-71-39-37-69-35-33-67-31-29-65-27-25-63-23-21-61-19-8-18-56/h18,43-45,52-53H,7-17,19-42H2,1-6H3,(H,50,57)(H,51,58). The van der Waals surface area contributed by atoms with Crippen molar-refractivity contribution in [2.45, 2.75) is 110 Å². The van der Waals surface area contributed by atoms with Gasteiger partial charge in [-0.05, 0) is 86.2 Å². The first-order valence-corrected chi connectivity index (χ1v) is 25.9. The normalized spacial score (nSPS) is 13.2. The second-order valence-corrected chi connectivity index (χ2v) is 17.9. The highest BCUT2D eigenvalue weighted by molar-refractivity contribution is 5.78. The zero-order chi connectivity index (χ0) is 53.1. The molecule has 4 N–H and O–H groups in total. The third-order valence-electron chi connectivity index (χ3n) is 11.4. The zero-order valence-electron chi connectivity index (χ0n) is 44.9. The zero-order valence-corrected chi connectivity index (χ0v) is 44.9. The van der Waals surface area contributed by atoms with Crippen LogP contribution in [0.2, 0.25) is 0 Å². The van der Waals surface area contributed by atoms with Gasteiger partial charge < -0.3 is 82.9 Å². The molecule has 0 bridgehead atoms. The van der Waals surface area contributed by atoms with Crippen molar-refractivity contribution in [3.05, 3.63) is 9.81 Å². The summed E-state index contributed by atoms with van der Waals surface area (Å²) in [7, 11) is 0. The number of nitrogens with one attached hydrogen (secondary N) is 4. The van der Waals surface area contributed by atoms with E-state index < -0.39 is 11.1 Å². The molecular weight excluding hydrogens is 945 g/mol. The van der Waals surface area contributed by atoms with Gasteiger partial charge in [0.15, 0.2) is 0 Å². The van der Waals surface area contributed by atoms with Gasteiger partial charge in [-0.3, -0.25) is 9.59 Å². The molecule has 0 aliphatic rings. The maximum absolute atomic E-state index is 12.5. The Morgan fingerprint density at radius 1 is 0.417 bits per heavy atom. The maximum Gasteiger partial charge on any atom is 0.220 e. The Balaban J connectivity index is 3.58. The third-order valence-corrected chi connectivity index (χ3v) is 11.4. The molecule has 0 fully saturated rings. The number of rotatable bonds is 58. The van der Waals surface area contributed by atoms with E-state index in [1.165, 1.54) is 0 Å². The van der Waals surface area contributed by atoms with Crippen molar-refractivity contribution < 1.29 is 71.2 Å². The number of carbonyl (C=O) groups excluding carboxylic acids is 3. The molecule has 0 aliphatic carbocycles. The van der Waals surface area contributed by atoms with Gasteiger partial charge >= 0.3 is 0 Å². The number of aldehydes is 1. The summed E-state index contributed by atoms with van der Waals surface area (Å²) >= 11 is 0. The fraction of sp³-hybridized carbons (Fsp3) is 0.939. The fourth-order valence-corrected chi connectivity index (χ4v) is 6.11. The lowest BCUT2D eigenvalue weighted by Crippen LogP contribution is -2.48. The maximum atomic E-state index is 12.5. The summed E-state index contributed by atoms with van der Waals surface area (Å²) in [6.45, 7) is 24.6. The number of carbonyl (C=O) groups is 3. The van der Waals surface area contributed by atoms with Crippen LogP contribution in [-0.4, -0.2) is 226 Å². The van der Waals surface area contributed by atoms with Gasteiger partial charge in [0.2, 0.25) is 11.8 Å². The molecule has 0 aromatic rings. The van der Waals surface area contributed by atoms with Crippen LogP contribution in [0, 0.1) is 15.7 Å². The summed E-state index contributed by atoms with van der Waals surface area (Å²) in [6.07, 6.45) is 4.62. The van der Waals surface area contributed by atoms with Gasteiger partial charge in [-0.15, -0.1) is 0 Å². The lowest BCUT2D eigenvalue weighted by molar-refractivity contribution is -0.122. The van der Waals surface area contributed by atoms with E-state index in [2.05, 4.69) is 31.6 Å². The number of nitroso groups, excluding NO2 is 2. The molecule has 0 saturated carbocycles. The van der Waals surface area contributed by atoms with Gasteiger partial charge in [-0.2, -0.15) is 9.81 Å². The summed E-state index contributed by atoms with van der Waals surface area (Å²) in [5.41, 5.74) is -0.867. The lowest BCUT2D eigenvalue weighted by atomic mass is 9.92. The van der Waals surface area contributed by atoms with E-state index in [-0.39, 0.29) is 42.7 Å². The van der Waals surface area contributed by atoms with Crippen LogP contribution in [0.15, 0.2) is 10.4 Å². The Kier molecular flexibility index (Phi) is 48.5. The highest BCUT2D eigenvalue weighted by Crippen LogP contribution is 2.18. The molecule has 0 radical (unpaired) electrons. The average molecular weight is 1040 g/mol. The first-order chi connectivity index (χ1) is 34.9. The van der Waals surface area contributed by atoms with Crippen LogP contribution in [0.4, 0.5) is 0 Å². The quantitative estimate of drug-likeness (QED) is 0.0387. The number of hydrogen-bond donors (Lipinski definition) is 4. The minimum absolute atomic E-state index is 0.0947. The van der Waals surface area contributed by atoms with E-state index >= 15 is 0 Å². The van der Waals surface area contributed by atoms with Crippen molar-refractivity contribution in [3.8, 4) is 0 Å². The second-order valence-electron chi connectivity index (χ2n) is 17.9. The van der Waals surface area contributed by atoms with E-state index in [9.17, 15) is 24.2 Å². The molecule has 2 unspecified atom stereocenters. The van der Waals surface area contributed by atoms with Gasteiger partial charge in [-0.1, -0.05) is 10.4 Å². The van der Waals surface area contributed by atoms with Crippen LogP contribution >= 0.6 is 0 Å². The van der Waals surface area contributed by atoms with Gasteiger partial charge in [-0.25, -0.2) is 0 Å². The summed E-state index contributed by atoms with van der Waals surface area (Å²) in [5.74, 6) is 0.0557. The Morgan fingerprint density at radius 3 is 0.972 bits per heavy atom. The monoisotopic (exact) mass is 1040 g/mol. The molecule has 0 spiro atoms. The summed E-state index contributed by atoms with van der Waals surface area (Å²) in [4.78, 5) is 57.1. The largest absolute Gasteiger partial charge is 0.379 e. The van der Waals surface area contributed by atoms with Crippen LogP contribution < -0.4 is 21.3 Å². The van der Waals surface area contributed by atoms with Crippen LogP contribution in [0.5, 0.6) is 0 Å². The van der Waals surface area contributed by atoms with Gasteiger partial charge in [0.25, 0.3) is 0 Å². The topological polar surface area (TPSA) is 269 Å². The first-order valence-electron chi connectivity index (χ1n) is 25.9. The average Bonchev–Trinajstić information content (AvgIpc) is 3.36. The van der Waals surface area contributed by atoms with Crippen LogP contribution in [-0.2, 0) is 71.2 Å². The van der Waals surface area contributed by atoms with Crippen molar-refractivity contribution in [2.75, 3.05) is 185 Å². The second kappa shape index (κ2) is 50.4. The highest BCUT2D eigenvalue weighted by atomic mass is 16.6. The Bertz CT molecular complexity index is 1250. The van der Waals surface area contributed by atoms with Crippen LogP contribution in [0.1, 0.15) is 86.5 Å². The number of nitrogens with zero attached hydrogens (tertiary/aromatic N) is 2. The predicted molar refractivity (Wildman–Crippen MR) is 272 cm³/mol. The number of ether oxygens (including phenoxy) is 12. The summed E-state index contributed by atoms with van der Waals surface area (Å²) in [5, 5.41) is 19.0. The molecule has 0 saturated heterocycles. The van der Waals surface area contributed by atoms with Gasteiger partial charge in [0.1, 0.15) is 18.4 Å². The molecule has 23 nitrogen and oxygen atoms in total. The molecule has 23 heteroatoms. The Labute approximate surface area is 430 Å². The van der Waals surface area contributed by atoms with Gasteiger partial charge in [0.05, 0.1) is 159 Å². The number of amides is 2. The summed E-state index contributed by atoms with van der Waals surface area (Å²) in [6, 6.07) is -0.755. The lowest BCUT2D eigenvalue weighted by Gasteiger charge is -2.31. The SMILES string of the molecule is CC(N=O)C(C)(C)NCCC(CCNC(=O)CCCC(=O)NCCOCCOCCOCCOCCOCCOCCOCCOCCOCCOCCOCCOCCC=O)CCNC(C)(C)C(C)N=O. The van der Waals surface area contributed by atoms with Crippen molar-refractivity contribution >= 4 is 18.1 Å². The van der Waals surface area contributed by atoms with Crippen LogP contribution in [0.25, 0.3) is 0 Å². The number of hydrogen-bond acceptors (Lipinski definition) is 21. The molecule has 0 heterocycles. The smallest absolute Gasteiger partial charge is 0.220 e. The van der Waals surface area contributed by atoms with Crippen molar-refractivity contribution in [2.24, 2.45) is 16.3 Å². The van der Waals surface area contributed by atoms with E-state index in [0.29, 0.717) is 198 Å². The van der Waals surface area contributed by atoms with Crippen molar-refractivity contribution in [3.63, 3.8) is 0 Å². The summed E-state index contributed by atoms with van der Waals surface area (Å²) < 4.78 is 65.5. The molecular formula is C49H96N6O17. The van der Waals surface area contributed by atoms with Crippen LogP contribution in [0.3, 0.4) is 0 Å². The minimum atomic E-state index is -0.434. The molecule has 0 aromatic carbocycles. The predicted octanol–water partition coefficient (Wildman–Crippen LogP) is 3.01. The molecule has 72 heavy (non-hydrogen) atoms.